The molecule has 1 aliphatic rings. The maximum absolute atomic E-state index is 13.6. The third-order valence-electron chi connectivity index (χ3n) is 6.18. The Morgan fingerprint density at radius 1 is 1.15 bits per heavy atom. The van der Waals surface area contributed by atoms with Gasteiger partial charge in [-0.15, -0.1) is 0 Å². The molecule has 210 valence electrons. The molecule has 1 aromatic carbocycles. The van der Waals surface area contributed by atoms with Crippen molar-refractivity contribution in [3.63, 3.8) is 0 Å². The number of carbonyl (C=O) groups excluding carboxylic acids is 1. The lowest BCUT2D eigenvalue weighted by molar-refractivity contribution is -0.137. The van der Waals surface area contributed by atoms with Crippen LogP contribution in [0.25, 0.3) is 11.2 Å². The normalized spacial score (nSPS) is 14.2. The van der Waals surface area contributed by atoms with E-state index in [0.717, 1.165) is 25.2 Å². The van der Waals surface area contributed by atoms with E-state index in [4.69, 9.17) is 21.1 Å². The molecule has 5 rings (SSSR count). The predicted molar refractivity (Wildman–Crippen MR) is 143 cm³/mol. The van der Waals surface area contributed by atoms with Crippen molar-refractivity contribution in [3.8, 4) is 17.2 Å². The fraction of sp³-hybridized carbons (Fsp3) is 0.308. The number of benzene rings is 1. The van der Waals surface area contributed by atoms with Crippen molar-refractivity contribution in [2.75, 3.05) is 37.4 Å². The third kappa shape index (κ3) is 6.05. The van der Waals surface area contributed by atoms with Gasteiger partial charge in [-0.3, -0.25) is 4.79 Å². The minimum Gasteiger partial charge on any atom is -0.493 e. The fourth-order valence-electron chi connectivity index (χ4n) is 4.34. The van der Waals surface area contributed by atoms with Gasteiger partial charge < -0.3 is 29.6 Å². The van der Waals surface area contributed by atoms with Crippen LogP contribution in [0, 0.1) is 5.92 Å². The number of rotatable bonds is 8. The maximum Gasteiger partial charge on any atom is 0.416 e. The van der Waals surface area contributed by atoms with Gasteiger partial charge in [0.2, 0.25) is 11.9 Å². The van der Waals surface area contributed by atoms with Crippen molar-refractivity contribution < 1.29 is 27.4 Å². The van der Waals surface area contributed by atoms with Crippen molar-refractivity contribution in [1.29, 1.82) is 0 Å². The molecule has 0 atom stereocenters. The van der Waals surface area contributed by atoms with E-state index in [1.165, 1.54) is 31.5 Å². The number of fused-ring (bicyclic) bond motifs is 1. The highest BCUT2D eigenvalue weighted by Gasteiger charge is 2.32. The zero-order chi connectivity index (χ0) is 28.6. The van der Waals surface area contributed by atoms with Gasteiger partial charge in [-0.1, -0.05) is 11.6 Å². The average Bonchev–Trinajstić information content (AvgIpc) is 3.17. The number of aromatic nitrogens is 4. The first-order chi connectivity index (χ1) is 19.0. The quantitative estimate of drug-likeness (QED) is 0.285. The van der Waals surface area contributed by atoms with Gasteiger partial charge in [0.1, 0.15) is 27.9 Å². The van der Waals surface area contributed by atoms with Crippen LogP contribution in [0.1, 0.15) is 12.5 Å². The molecule has 0 aliphatic carbocycles. The van der Waals surface area contributed by atoms with Gasteiger partial charge >= 0.3 is 6.18 Å². The lowest BCUT2D eigenvalue weighted by Gasteiger charge is -2.35. The molecule has 0 bridgehead atoms. The van der Waals surface area contributed by atoms with Crippen LogP contribution in [0.2, 0.25) is 5.02 Å². The lowest BCUT2D eigenvalue weighted by Crippen LogP contribution is -2.46. The number of halogens is 4. The highest BCUT2D eigenvalue weighted by molar-refractivity contribution is 6.36. The van der Waals surface area contributed by atoms with E-state index in [9.17, 15) is 18.0 Å². The second-order valence-corrected chi connectivity index (χ2v) is 9.91. The number of likely N-dealkylation sites (tertiary alicyclic amines) is 1. The minimum atomic E-state index is -4.57. The van der Waals surface area contributed by atoms with Crippen LogP contribution in [-0.4, -0.2) is 57.1 Å². The molecule has 2 N–H and O–H groups in total. The van der Waals surface area contributed by atoms with Crippen molar-refractivity contribution in [2.24, 2.45) is 13.0 Å². The summed E-state index contributed by atoms with van der Waals surface area (Å²) in [5.74, 6) is 1.16. The molecule has 40 heavy (non-hydrogen) atoms. The summed E-state index contributed by atoms with van der Waals surface area (Å²) in [7, 11) is 3.62. The molecule has 1 amide bonds. The number of hydrogen-bond acceptors (Lipinski definition) is 8. The van der Waals surface area contributed by atoms with Gasteiger partial charge in [-0.05, 0) is 25.2 Å². The Labute approximate surface area is 232 Å². The van der Waals surface area contributed by atoms with Crippen LogP contribution >= 0.6 is 11.6 Å². The van der Waals surface area contributed by atoms with Crippen LogP contribution in [0.15, 0.2) is 42.7 Å². The average molecular weight is 576 g/mol. The largest absolute Gasteiger partial charge is 0.493 e. The summed E-state index contributed by atoms with van der Waals surface area (Å²) >= 11 is 6.64. The van der Waals surface area contributed by atoms with Gasteiger partial charge in [0, 0.05) is 57.0 Å². The number of carbonyl (C=O) groups is 1. The number of ether oxygens (including phenoxy) is 2. The first-order valence-corrected chi connectivity index (χ1v) is 12.6. The van der Waals surface area contributed by atoms with Gasteiger partial charge in [0.15, 0.2) is 11.4 Å². The smallest absolute Gasteiger partial charge is 0.416 e. The van der Waals surface area contributed by atoms with Crippen LogP contribution in [0.4, 0.5) is 30.6 Å². The Morgan fingerprint density at radius 3 is 2.62 bits per heavy atom. The molecule has 1 aliphatic heterocycles. The summed E-state index contributed by atoms with van der Waals surface area (Å²) in [6, 6.07) is 6.58. The number of amides is 1. The highest BCUT2D eigenvalue weighted by Crippen LogP contribution is 2.38. The molecule has 4 aromatic rings. The van der Waals surface area contributed by atoms with E-state index in [2.05, 4.69) is 30.5 Å². The van der Waals surface area contributed by atoms with Crippen molar-refractivity contribution >= 4 is 46.1 Å². The number of anilines is 3. The number of aryl methyl sites for hydroxylation is 1. The number of imidazole rings is 1. The number of hydrogen-bond donors (Lipinski definition) is 2. The molecule has 0 spiro atoms. The molecule has 0 radical (unpaired) electrons. The van der Waals surface area contributed by atoms with Crippen molar-refractivity contribution in [2.45, 2.75) is 13.1 Å². The Balaban J connectivity index is 1.41. The van der Waals surface area contributed by atoms with E-state index >= 15 is 0 Å². The van der Waals surface area contributed by atoms with Gasteiger partial charge in [-0.2, -0.15) is 18.2 Å². The minimum absolute atomic E-state index is 0.105. The molecule has 0 unspecified atom stereocenters. The summed E-state index contributed by atoms with van der Waals surface area (Å²) in [4.78, 5) is 26.2. The lowest BCUT2D eigenvalue weighted by atomic mass is 10.0. The van der Waals surface area contributed by atoms with E-state index in [1.807, 2.05) is 7.05 Å². The molecular formula is C26H25ClF3N7O3. The van der Waals surface area contributed by atoms with Crippen LogP contribution in [0.3, 0.4) is 0 Å². The van der Waals surface area contributed by atoms with Crippen LogP contribution in [0.5, 0.6) is 17.2 Å². The Bertz CT molecular complexity index is 1570. The number of nitrogens with zero attached hydrogens (tertiary/aromatic N) is 5. The molecule has 1 saturated heterocycles. The molecule has 3 aromatic heterocycles. The van der Waals surface area contributed by atoms with Gasteiger partial charge in [0.25, 0.3) is 0 Å². The maximum atomic E-state index is 13.6. The first-order valence-electron chi connectivity index (χ1n) is 12.2. The second-order valence-electron chi connectivity index (χ2n) is 9.53. The highest BCUT2D eigenvalue weighted by atomic mass is 35.5. The molecule has 0 saturated carbocycles. The predicted octanol–water partition coefficient (Wildman–Crippen LogP) is 5.47. The zero-order valence-electron chi connectivity index (χ0n) is 21.7. The molecular weight excluding hydrogens is 551 g/mol. The Hall–Kier alpha value is -4.10. The van der Waals surface area contributed by atoms with E-state index < -0.39 is 11.7 Å². The third-order valence-corrected chi connectivity index (χ3v) is 6.55. The fourth-order valence-corrected chi connectivity index (χ4v) is 4.64. The second kappa shape index (κ2) is 10.8. The molecule has 4 heterocycles. The summed E-state index contributed by atoms with van der Waals surface area (Å²) in [5.41, 5.74) is -0.0485. The van der Waals surface area contributed by atoms with Gasteiger partial charge in [0.05, 0.1) is 18.4 Å². The van der Waals surface area contributed by atoms with E-state index in [1.54, 1.807) is 17.7 Å². The summed E-state index contributed by atoms with van der Waals surface area (Å²) in [5, 5.41) is 5.69. The summed E-state index contributed by atoms with van der Waals surface area (Å²) in [6.07, 6.45) is -1.72. The van der Waals surface area contributed by atoms with Crippen molar-refractivity contribution in [3.05, 3.63) is 53.3 Å². The zero-order valence-corrected chi connectivity index (χ0v) is 22.5. The van der Waals surface area contributed by atoms with E-state index in [-0.39, 0.29) is 45.6 Å². The molecule has 10 nitrogen and oxygen atoms in total. The Kier molecular flexibility index (Phi) is 7.43. The first kappa shape index (κ1) is 27.5. The number of alkyl halides is 3. The van der Waals surface area contributed by atoms with Crippen molar-refractivity contribution in [1.82, 2.24) is 24.4 Å². The Morgan fingerprint density at radius 2 is 1.93 bits per heavy atom. The van der Waals surface area contributed by atoms with Gasteiger partial charge in [-0.25, -0.2) is 9.97 Å². The number of nitrogens with one attached hydrogen (secondary N) is 2. The SMILES string of the molecule is CC(=O)Nc1cc(Oc2cnc3nc(Nc4cc(OCC5CN(C)C5)cc(C(F)(F)F)c4)n(C)c3c2Cl)ccn1. The van der Waals surface area contributed by atoms with Crippen LogP contribution < -0.4 is 20.1 Å². The number of pyridine rings is 2. The van der Waals surface area contributed by atoms with Crippen LogP contribution in [-0.2, 0) is 18.0 Å². The molecule has 1 fully saturated rings. The topological polar surface area (TPSA) is 106 Å². The summed E-state index contributed by atoms with van der Waals surface area (Å²) < 4.78 is 54.1. The molecule has 14 heteroatoms. The monoisotopic (exact) mass is 575 g/mol. The van der Waals surface area contributed by atoms with E-state index in [0.29, 0.717) is 23.7 Å². The standard InChI is InChI=1S/C26H25ClF3N7O3/c1-14(38)33-21-9-18(4-5-31-21)40-20-10-32-24-23(22(20)27)37(3)25(35-24)34-17-6-16(26(28,29)30)7-19(8-17)39-13-15-11-36(2)12-15/h4-10,15H,11-13H2,1-3H3,(H,31,33,38)(H,32,34,35). The summed E-state index contributed by atoms with van der Waals surface area (Å²) in [6.45, 7) is 3.35.